The van der Waals surface area contributed by atoms with Gasteiger partial charge < -0.3 is 15.2 Å². The molecule has 0 fully saturated rings. The fourth-order valence-electron chi connectivity index (χ4n) is 1.54. The smallest absolute Gasteiger partial charge is 0.344 e. The third-order valence-electron chi connectivity index (χ3n) is 2.50. The monoisotopic (exact) mass is 292 g/mol. The van der Waals surface area contributed by atoms with Gasteiger partial charge in [0.15, 0.2) is 11.7 Å². The zero-order valence-electron chi connectivity index (χ0n) is 11.2. The maximum atomic E-state index is 11.3. The molecule has 6 heteroatoms. The molecule has 0 saturated heterocycles. The molecule has 0 spiro atoms. The van der Waals surface area contributed by atoms with Gasteiger partial charge in [-0.25, -0.2) is 9.78 Å². The summed E-state index contributed by atoms with van der Waals surface area (Å²) in [6, 6.07) is 7.33. The number of nitrogens with zero attached hydrogens (tertiary/aromatic N) is 1. The lowest BCUT2D eigenvalue weighted by Gasteiger charge is -2.06. The van der Waals surface area contributed by atoms with Crippen molar-refractivity contribution in [2.75, 3.05) is 18.9 Å². The maximum absolute atomic E-state index is 11.3. The quantitative estimate of drug-likeness (QED) is 0.829. The van der Waals surface area contributed by atoms with Crippen LogP contribution in [-0.2, 0) is 9.53 Å². The minimum absolute atomic E-state index is 0.0804. The highest BCUT2D eigenvalue weighted by atomic mass is 32.1. The Morgan fingerprint density at radius 1 is 1.35 bits per heavy atom. The van der Waals surface area contributed by atoms with Crippen molar-refractivity contribution < 1.29 is 14.3 Å². The van der Waals surface area contributed by atoms with E-state index in [4.69, 9.17) is 15.2 Å². The maximum Gasteiger partial charge on any atom is 0.344 e. The lowest BCUT2D eigenvalue weighted by molar-refractivity contribution is -0.146. The van der Waals surface area contributed by atoms with Crippen molar-refractivity contribution in [2.24, 2.45) is 0 Å². The SMILES string of the molecule is CCCOC(=O)COc1ccc(-c2csc(N)n2)cc1. The van der Waals surface area contributed by atoms with E-state index in [2.05, 4.69) is 4.98 Å². The molecule has 106 valence electrons. The van der Waals surface area contributed by atoms with Crippen LogP contribution in [0.2, 0.25) is 0 Å². The largest absolute Gasteiger partial charge is 0.482 e. The average Bonchev–Trinajstić information content (AvgIpc) is 2.90. The summed E-state index contributed by atoms with van der Waals surface area (Å²) >= 11 is 1.40. The molecule has 5 nitrogen and oxygen atoms in total. The second-order valence-electron chi connectivity index (χ2n) is 4.10. The predicted molar refractivity (Wildman–Crippen MR) is 78.7 cm³/mol. The van der Waals surface area contributed by atoms with Crippen LogP contribution in [0, 0.1) is 0 Å². The van der Waals surface area contributed by atoms with Crippen LogP contribution in [0.4, 0.5) is 5.13 Å². The number of aromatic nitrogens is 1. The molecule has 20 heavy (non-hydrogen) atoms. The Hall–Kier alpha value is -2.08. The number of hydrogen-bond acceptors (Lipinski definition) is 6. The standard InChI is InChI=1S/C14H16N2O3S/c1-2-7-18-13(17)8-19-11-5-3-10(4-6-11)12-9-20-14(15)16-12/h3-6,9H,2,7-8H2,1H3,(H2,15,16). The van der Waals surface area contributed by atoms with Gasteiger partial charge in [-0.2, -0.15) is 0 Å². The number of rotatable bonds is 6. The summed E-state index contributed by atoms with van der Waals surface area (Å²) in [5.41, 5.74) is 7.39. The van der Waals surface area contributed by atoms with Crippen LogP contribution in [0.1, 0.15) is 13.3 Å². The molecule has 2 rings (SSSR count). The molecule has 1 heterocycles. The van der Waals surface area contributed by atoms with Gasteiger partial charge in [-0.1, -0.05) is 6.92 Å². The van der Waals surface area contributed by atoms with Crippen LogP contribution in [0.15, 0.2) is 29.6 Å². The van der Waals surface area contributed by atoms with Crippen LogP contribution in [0.5, 0.6) is 5.75 Å². The first-order valence-electron chi connectivity index (χ1n) is 6.29. The highest BCUT2D eigenvalue weighted by Gasteiger charge is 2.05. The first-order valence-corrected chi connectivity index (χ1v) is 7.17. The van der Waals surface area contributed by atoms with Crippen molar-refractivity contribution in [1.82, 2.24) is 4.98 Å². The van der Waals surface area contributed by atoms with Crippen molar-refractivity contribution in [2.45, 2.75) is 13.3 Å². The summed E-state index contributed by atoms with van der Waals surface area (Å²) in [7, 11) is 0. The Bertz CT molecular complexity index is 566. The van der Waals surface area contributed by atoms with Crippen molar-refractivity contribution in [3.63, 3.8) is 0 Å². The van der Waals surface area contributed by atoms with Crippen LogP contribution in [0.25, 0.3) is 11.3 Å². The zero-order valence-corrected chi connectivity index (χ0v) is 12.0. The molecule has 0 amide bonds. The molecule has 2 N–H and O–H groups in total. The molecule has 0 aliphatic carbocycles. The van der Waals surface area contributed by atoms with E-state index in [0.717, 1.165) is 17.7 Å². The minimum Gasteiger partial charge on any atom is -0.482 e. The number of carbonyl (C=O) groups excluding carboxylic acids is 1. The number of nitrogens with two attached hydrogens (primary N) is 1. The second kappa shape index (κ2) is 6.91. The van der Waals surface area contributed by atoms with E-state index >= 15 is 0 Å². The molecular formula is C14H16N2O3S. The van der Waals surface area contributed by atoms with Crippen LogP contribution < -0.4 is 10.5 Å². The lowest BCUT2D eigenvalue weighted by atomic mass is 10.2. The van der Waals surface area contributed by atoms with Crippen LogP contribution >= 0.6 is 11.3 Å². The highest BCUT2D eigenvalue weighted by molar-refractivity contribution is 7.13. The van der Waals surface area contributed by atoms with Gasteiger partial charge in [-0.05, 0) is 30.7 Å². The molecule has 1 aromatic heterocycles. The highest BCUT2D eigenvalue weighted by Crippen LogP contribution is 2.24. The van der Waals surface area contributed by atoms with Gasteiger partial charge in [0, 0.05) is 10.9 Å². The Balaban J connectivity index is 1.90. The molecule has 2 aromatic rings. The van der Waals surface area contributed by atoms with E-state index in [9.17, 15) is 4.79 Å². The number of anilines is 1. The van der Waals surface area contributed by atoms with Gasteiger partial charge in [0.2, 0.25) is 0 Å². The van der Waals surface area contributed by atoms with Crippen LogP contribution in [-0.4, -0.2) is 24.2 Å². The van der Waals surface area contributed by atoms with Crippen molar-refractivity contribution >= 4 is 22.4 Å². The average molecular weight is 292 g/mol. The van der Waals surface area contributed by atoms with Crippen molar-refractivity contribution in [3.8, 4) is 17.0 Å². The molecule has 0 aliphatic rings. The summed E-state index contributed by atoms with van der Waals surface area (Å²) in [6.07, 6.45) is 0.803. The third-order valence-corrected chi connectivity index (χ3v) is 3.17. The molecule has 0 radical (unpaired) electrons. The minimum atomic E-state index is -0.358. The van der Waals surface area contributed by atoms with Gasteiger partial charge in [0.1, 0.15) is 5.75 Å². The molecule has 0 unspecified atom stereocenters. The number of nitrogen functional groups attached to an aromatic ring is 1. The number of esters is 1. The fraction of sp³-hybridized carbons (Fsp3) is 0.286. The number of benzene rings is 1. The van der Waals surface area contributed by atoms with E-state index in [1.54, 1.807) is 12.1 Å². The topological polar surface area (TPSA) is 74.4 Å². The first-order chi connectivity index (χ1) is 9.69. The van der Waals surface area contributed by atoms with Gasteiger partial charge >= 0.3 is 5.97 Å². The number of hydrogen-bond donors (Lipinski definition) is 1. The molecule has 0 atom stereocenters. The van der Waals surface area contributed by atoms with E-state index in [1.165, 1.54) is 11.3 Å². The number of thiazole rings is 1. The first kappa shape index (κ1) is 14.3. The van der Waals surface area contributed by atoms with Gasteiger partial charge in [-0.15, -0.1) is 11.3 Å². The molecule has 0 bridgehead atoms. The van der Waals surface area contributed by atoms with Crippen LogP contribution in [0.3, 0.4) is 0 Å². The van der Waals surface area contributed by atoms with E-state index < -0.39 is 0 Å². The molecule has 0 aliphatic heterocycles. The summed E-state index contributed by atoms with van der Waals surface area (Å²) in [6.45, 7) is 2.29. The fourth-order valence-corrected chi connectivity index (χ4v) is 2.11. The number of carbonyl (C=O) groups is 1. The predicted octanol–water partition coefficient (Wildman–Crippen LogP) is 2.72. The normalized spacial score (nSPS) is 10.2. The van der Waals surface area contributed by atoms with Crippen molar-refractivity contribution in [3.05, 3.63) is 29.6 Å². The summed E-state index contributed by atoms with van der Waals surface area (Å²) in [5, 5.41) is 2.44. The Labute approximate surface area is 121 Å². The summed E-state index contributed by atoms with van der Waals surface area (Å²) < 4.78 is 10.3. The Morgan fingerprint density at radius 2 is 2.10 bits per heavy atom. The van der Waals surface area contributed by atoms with Gasteiger partial charge in [0.25, 0.3) is 0 Å². The molecular weight excluding hydrogens is 276 g/mol. The lowest BCUT2D eigenvalue weighted by Crippen LogP contribution is -2.15. The second-order valence-corrected chi connectivity index (χ2v) is 4.99. The molecule has 1 aromatic carbocycles. The summed E-state index contributed by atoms with van der Waals surface area (Å²) in [5.74, 6) is 0.258. The third kappa shape index (κ3) is 3.96. The van der Waals surface area contributed by atoms with E-state index in [-0.39, 0.29) is 12.6 Å². The summed E-state index contributed by atoms with van der Waals surface area (Å²) in [4.78, 5) is 15.5. The van der Waals surface area contributed by atoms with E-state index in [1.807, 2.05) is 24.4 Å². The molecule has 0 saturated carbocycles. The zero-order chi connectivity index (χ0) is 14.4. The van der Waals surface area contributed by atoms with Gasteiger partial charge in [-0.3, -0.25) is 0 Å². The number of ether oxygens (including phenoxy) is 2. The van der Waals surface area contributed by atoms with Gasteiger partial charge in [0.05, 0.1) is 12.3 Å². The Kier molecular flexibility index (Phi) is 4.95. The Morgan fingerprint density at radius 3 is 2.70 bits per heavy atom. The van der Waals surface area contributed by atoms with Crippen molar-refractivity contribution in [1.29, 1.82) is 0 Å². The van der Waals surface area contributed by atoms with E-state index in [0.29, 0.717) is 17.5 Å².